The van der Waals surface area contributed by atoms with Crippen molar-refractivity contribution < 1.29 is 5.11 Å². The molecule has 1 rings (SSSR count). The number of pyridine rings is 1. The van der Waals surface area contributed by atoms with Gasteiger partial charge >= 0.3 is 0 Å². The van der Waals surface area contributed by atoms with Crippen LogP contribution in [0, 0.1) is 5.92 Å². The second kappa shape index (κ2) is 5.73. The molecule has 3 heteroatoms. The van der Waals surface area contributed by atoms with Crippen LogP contribution in [0.5, 0.6) is 0 Å². The van der Waals surface area contributed by atoms with Gasteiger partial charge in [-0.25, -0.2) is 0 Å². The van der Waals surface area contributed by atoms with Crippen molar-refractivity contribution in [1.82, 2.24) is 10.3 Å². The Morgan fingerprint density at radius 1 is 1.36 bits per heavy atom. The van der Waals surface area contributed by atoms with E-state index in [1.54, 1.807) is 12.4 Å². The molecule has 0 aliphatic heterocycles. The van der Waals surface area contributed by atoms with Gasteiger partial charge in [0.15, 0.2) is 0 Å². The summed E-state index contributed by atoms with van der Waals surface area (Å²) >= 11 is 0. The summed E-state index contributed by atoms with van der Waals surface area (Å²) in [5, 5.41) is 12.3. The Kier molecular flexibility index (Phi) is 4.56. The largest absolute Gasteiger partial charge is 0.396 e. The van der Waals surface area contributed by atoms with E-state index in [-0.39, 0.29) is 12.5 Å². The van der Waals surface area contributed by atoms with Crippen LogP contribution < -0.4 is 5.32 Å². The minimum atomic E-state index is 0.227. The van der Waals surface area contributed by atoms with Gasteiger partial charge in [0.05, 0.1) is 0 Å². The van der Waals surface area contributed by atoms with Gasteiger partial charge in [0.1, 0.15) is 0 Å². The maximum Gasteiger partial charge on any atom is 0.0471 e. The van der Waals surface area contributed by atoms with Crippen LogP contribution in [0.25, 0.3) is 0 Å². The molecule has 0 amide bonds. The topological polar surface area (TPSA) is 45.1 Å². The molecule has 1 aromatic heterocycles. The number of aliphatic hydroxyl groups excluding tert-OH is 1. The highest BCUT2D eigenvalue weighted by atomic mass is 16.3. The summed E-state index contributed by atoms with van der Waals surface area (Å²) in [6, 6.07) is 4.31. The van der Waals surface area contributed by atoms with Gasteiger partial charge in [0, 0.05) is 31.6 Å². The summed E-state index contributed by atoms with van der Waals surface area (Å²) in [5.74, 6) is 0.289. The number of aromatic nitrogens is 1. The highest BCUT2D eigenvalue weighted by Gasteiger charge is 2.09. The molecule has 2 N–H and O–H groups in total. The molecular formula is C11H18N2O. The second-order valence-electron chi connectivity index (χ2n) is 3.68. The fourth-order valence-corrected chi connectivity index (χ4v) is 1.14. The Bertz CT molecular complexity index is 251. The number of nitrogens with one attached hydrogen (secondary N) is 1. The van der Waals surface area contributed by atoms with Gasteiger partial charge in [-0.2, -0.15) is 0 Å². The van der Waals surface area contributed by atoms with Crippen LogP contribution >= 0.6 is 0 Å². The molecule has 2 atom stereocenters. The van der Waals surface area contributed by atoms with Crippen LogP contribution in [0.4, 0.5) is 0 Å². The van der Waals surface area contributed by atoms with Crippen LogP contribution in [-0.4, -0.2) is 22.7 Å². The monoisotopic (exact) mass is 194 g/mol. The molecule has 0 saturated carbocycles. The number of aliphatic hydroxyl groups is 1. The lowest BCUT2D eigenvalue weighted by molar-refractivity contribution is 0.207. The van der Waals surface area contributed by atoms with E-state index >= 15 is 0 Å². The lowest BCUT2D eigenvalue weighted by atomic mass is 10.1. The van der Waals surface area contributed by atoms with E-state index in [4.69, 9.17) is 5.11 Å². The van der Waals surface area contributed by atoms with Gasteiger partial charge in [-0.05, 0) is 30.5 Å². The zero-order chi connectivity index (χ0) is 10.4. The first-order valence-corrected chi connectivity index (χ1v) is 4.97. The van der Waals surface area contributed by atoms with Crippen molar-refractivity contribution in [3.63, 3.8) is 0 Å². The van der Waals surface area contributed by atoms with E-state index in [9.17, 15) is 0 Å². The predicted octanol–water partition coefficient (Wildman–Crippen LogP) is 1.19. The Labute approximate surface area is 85.2 Å². The summed E-state index contributed by atoms with van der Waals surface area (Å²) < 4.78 is 0. The first kappa shape index (κ1) is 11.1. The van der Waals surface area contributed by atoms with Gasteiger partial charge in [-0.3, -0.25) is 4.98 Å². The standard InChI is InChI=1S/C11H18N2O/c1-9(8-14)10(2)13-7-11-3-5-12-6-4-11/h3-6,9-10,13-14H,7-8H2,1-2H3. The van der Waals surface area contributed by atoms with E-state index in [0.29, 0.717) is 6.04 Å². The summed E-state index contributed by atoms with van der Waals surface area (Å²) in [5.41, 5.74) is 1.22. The third kappa shape index (κ3) is 3.44. The van der Waals surface area contributed by atoms with E-state index < -0.39 is 0 Å². The van der Waals surface area contributed by atoms with Crippen molar-refractivity contribution in [3.8, 4) is 0 Å². The fourth-order valence-electron chi connectivity index (χ4n) is 1.14. The summed E-state index contributed by atoms with van der Waals surface area (Å²) in [6.07, 6.45) is 3.58. The quantitative estimate of drug-likeness (QED) is 0.740. The molecule has 0 saturated heterocycles. The van der Waals surface area contributed by atoms with Crippen molar-refractivity contribution >= 4 is 0 Å². The zero-order valence-corrected chi connectivity index (χ0v) is 8.77. The van der Waals surface area contributed by atoms with E-state index in [2.05, 4.69) is 17.2 Å². The van der Waals surface area contributed by atoms with Crippen molar-refractivity contribution in [3.05, 3.63) is 30.1 Å². The normalized spacial score (nSPS) is 15.1. The number of hydrogen-bond donors (Lipinski definition) is 2. The Balaban J connectivity index is 2.34. The maximum atomic E-state index is 8.95. The summed E-state index contributed by atoms with van der Waals surface area (Å²) in [6.45, 7) is 5.17. The molecule has 0 bridgehead atoms. The van der Waals surface area contributed by atoms with Crippen LogP contribution in [0.2, 0.25) is 0 Å². The van der Waals surface area contributed by atoms with Gasteiger partial charge in [-0.15, -0.1) is 0 Å². The molecule has 0 fully saturated rings. The zero-order valence-electron chi connectivity index (χ0n) is 8.77. The lowest BCUT2D eigenvalue weighted by Crippen LogP contribution is -2.33. The van der Waals surface area contributed by atoms with Gasteiger partial charge in [-0.1, -0.05) is 6.92 Å². The molecule has 3 nitrogen and oxygen atoms in total. The van der Waals surface area contributed by atoms with Crippen LogP contribution in [0.1, 0.15) is 19.4 Å². The number of hydrogen-bond acceptors (Lipinski definition) is 3. The van der Waals surface area contributed by atoms with Crippen molar-refractivity contribution in [2.45, 2.75) is 26.4 Å². The smallest absolute Gasteiger partial charge is 0.0471 e. The molecule has 0 aliphatic carbocycles. The van der Waals surface area contributed by atoms with Gasteiger partial charge < -0.3 is 10.4 Å². The minimum Gasteiger partial charge on any atom is -0.396 e. The van der Waals surface area contributed by atoms with Crippen LogP contribution in [0.15, 0.2) is 24.5 Å². The molecule has 0 aliphatic rings. The average molecular weight is 194 g/mol. The van der Waals surface area contributed by atoms with E-state index in [1.807, 2.05) is 19.1 Å². The molecular weight excluding hydrogens is 176 g/mol. The number of rotatable bonds is 5. The fraction of sp³-hybridized carbons (Fsp3) is 0.545. The first-order chi connectivity index (χ1) is 6.74. The van der Waals surface area contributed by atoms with Crippen LogP contribution in [0.3, 0.4) is 0 Å². The molecule has 0 aromatic carbocycles. The van der Waals surface area contributed by atoms with Crippen molar-refractivity contribution in [2.75, 3.05) is 6.61 Å². The molecule has 14 heavy (non-hydrogen) atoms. The number of nitrogens with zero attached hydrogens (tertiary/aromatic N) is 1. The average Bonchev–Trinajstić information content (AvgIpc) is 2.26. The molecule has 0 spiro atoms. The molecule has 1 aromatic rings. The molecule has 78 valence electrons. The third-order valence-corrected chi connectivity index (χ3v) is 2.52. The van der Waals surface area contributed by atoms with E-state index in [1.165, 1.54) is 5.56 Å². The third-order valence-electron chi connectivity index (χ3n) is 2.52. The maximum absolute atomic E-state index is 8.95. The molecule has 2 unspecified atom stereocenters. The SMILES string of the molecule is CC(CO)C(C)NCc1ccncc1. The summed E-state index contributed by atoms with van der Waals surface area (Å²) in [7, 11) is 0. The summed E-state index contributed by atoms with van der Waals surface area (Å²) in [4.78, 5) is 3.96. The Morgan fingerprint density at radius 2 is 2.00 bits per heavy atom. The first-order valence-electron chi connectivity index (χ1n) is 4.97. The molecule has 0 radical (unpaired) electrons. The van der Waals surface area contributed by atoms with Gasteiger partial charge in [0.25, 0.3) is 0 Å². The Morgan fingerprint density at radius 3 is 2.57 bits per heavy atom. The highest BCUT2D eigenvalue weighted by molar-refractivity contribution is 5.09. The van der Waals surface area contributed by atoms with Crippen molar-refractivity contribution in [1.29, 1.82) is 0 Å². The van der Waals surface area contributed by atoms with Crippen LogP contribution in [-0.2, 0) is 6.54 Å². The lowest BCUT2D eigenvalue weighted by Gasteiger charge is -2.19. The molecule has 1 heterocycles. The highest BCUT2D eigenvalue weighted by Crippen LogP contribution is 2.02. The minimum absolute atomic E-state index is 0.227. The van der Waals surface area contributed by atoms with Gasteiger partial charge in [0.2, 0.25) is 0 Å². The van der Waals surface area contributed by atoms with Crippen molar-refractivity contribution in [2.24, 2.45) is 5.92 Å². The Hall–Kier alpha value is -0.930. The predicted molar refractivity (Wildman–Crippen MR) is 56.8 cm³/mol. The van der Waals surface area contributed by atoms with E-state index in [0.717, 1.165) is 6.54 Å². The second-order valence-corrected chi connectivity index (χ2v) is 3.68.